The molecule has 24 heavy (non-hydrogen) atoms. The molecule has 0 aromatic carbocycles. The van der Waals surface area contributed by atoms with Gasteiger partial charge < -0.3 is 14.3 Å². The van der Waals surface area contributed by atoms with Crippen molar-refractivity contribution in [1.82, 2.24) is 9.55 Å². The molecular weight excluding hydrogens is 335 g/mol. The SMILES string of the molecule is CC(C)(C)[Si](C)(C)OC[C@H]1O[C@@H](n2ccc(=O)[nH]c2=O)[C@H](F)[C@@H]1O. The second-order valence-corrected chi connectivity index (χ2v) is 12.4. The van der Waals surface area contributed by atoms with Crippen LogP contribution in [0, 0.1) is 0 Å². The van der Waals surface area contributed by atoms with Crippen LogP contribution in [-0.4, -0.2) is 48.0 Å². The highest BCUT2D eigenvalue weighted by Crippen LogP contribution is 2.38. The number of nitrogens with zero attached hydrogens (tertiary/aromatic N) is 1. The van der Waals surface area contributed by atoms with E-state index in [9.17, 15) is 19.1 Å². The van der Waals surface area contributed by atoms with Crippen LogP contribution in [0.1, 0.15) is 27.0 Å². The smallest absolute Gasteiger partial charge is 0.330 e. The fourth-order valence-corrected chi connectivity index (χ4v) is 3.21. The van der Waals surface area contributed by atoms with Gasteiger partial charge in [-0.1, -0.05) is 20.8 Å². The summed E-state index contributed by atoms with van der Waals surface area (Å²) in [7, 11) is -2.07. The topological polar surface area (TPSA) is 93.5 Å². The number of H-pyrrole nitrogens is 1. The molecule has 4 atom stereocenters. The number of ether oxygens (including phenoxy) is 1. The van der Waals surface area contributed by atoms with Crippen LogP contribution in [0.15, 0.2) is 21.9 Å². The maximum absolute atomic E-state index is 14.4. The fraction of sp³-hybridized carbons (Fsp3) is 0.733. The summed E-state index contributed by atoms with van der Waals surface area (Å²) in [6.45, 7) is 10.4. The molecule has 1 aliphatic heterocycles. The lowest BCUT2D eigenvalue weighted by Gasteiger charge is -2.37. The highest BCUT2D eigenvalue weighted by molar-refractivity contribution is 6.74. The molecule has 1 aromatic heterocycles. The van der Waals surface area contributed by atoms with Gasteiger partial charge in [0, 0.05) is 12.3 Å². The van der Waals surface area contributed by atoms with Crippen LogP contribution >= 0.6 is 0 Å². The molecule has 9 heteroatoms. The lowest BCUT2D eigenvalue weighted by Crippen LogP contribution is -2.44. The summed E-state index contributed by atoms with van der Waals surface area (Å²) in [5, 5.41) is 10.1. The molecule has 2 heterocycles. The summed E-state index contributed by atoms with van der Waals surface area (Å²) in [4.78, 5) is 24.9. The van der Waals surface area contributed by atoms with E-state index < -0.39 is 44.2 Å². The quantitative estimate of drug-likeness (QED) is 0.786. The van der Waals surface area contributed by atoms with E-state index in [-0.39, 0.29) is 11.6 Å². The van der Waals surface area contributed by atoms with E-state index >= 15 is 0 Å². The summed E-state index contributed by atoms with van der Waals surface area (Å²) in [5.74, 6) is 0. The van der Waals surface area contributed by atoms with Crippen molar-refractivity contribution in [3.8, 4) is 0 Å². The largest absolute Gasteiger partial charge is 0.414 e. The van der Waals surface area contributed by atoms with Gasteiger partial charge in [0.1, 0.15) is 12.2 Å². The Morgan fingerprint density at radius 1 is 1.42 bits per heavy atom. The van der Waals surface area contributed by atoms with Gasteiger partial charge in [-0.05, 0) is 18.1 Å². The number of halogens is 1. The van der Waals surface area contributed by atoms with Crippen LogP contribution in [-0.2, 0) is 9.16 Å². The third-order valence-electron chi connectivity index (χ3n) is 4.83. The highest BCUT2D eigenvalue weighted by Gasteiger charge is 2.47. The second-order valence-electron chi connectivity index (χ2n) is 7.59. The molecule has 1 fully saturated rings. The number of aromatic nitrogens is 2. The first-order valence-corrected chi connectivity index (χ1v) is 10.8. The Balaban J connectivity index is 2.13. The molecule has 7 nitrogen and oxygen atoms in total. The van der Waals surface area contributed by atoms with Crippen molar-refractivity contribution in [2.24, 2.45) is 0 Å². The number of hydrogen-bond acceptors (Lipinski definition) is 5. The van der Waals surface area contributed by atoms with Gasteiger partial charge in [-0.2, -0.15) is 0 Å². The number of alkyl halides is 1. The second kappa shape index (κ2) is 6.55. The standard InChI is InChI=1S/C15H25FN2O5Si/c1-15(2,3)24(4,5)22-8-9-12(20)11(16)13(23-9)18-7-6-10(19)17-14(18)21/h6-7,9,11-13,20H,8H2,1-5H3,(H,17,19,21)/t9-,11-,12-,13-/m1/s1. The monoisotopic (exact) mass is 360 g/mol. The van der Waals surface area contributed by atoms with Crippen LogP contribution < -0.4 is 11.2 Å². The van der Waals surface area contributed by atoms with E-state index in [1.54, 1.807) is 0 Å². The van der Waals surface area contributed by atoms with Crippen molar-refractivity contribution in [3.63, 3.8) is 0 Å². The molecule has 1 aliphatic rings. The minimum Gasteiger partial charge on any atom is -0.414 e. The number of hydrogen-bond donors (Lipinski definition) is 2. The van der Waals surface area contributed by atoms with Crippen molar-refractivity contribution in [1.29, 1.82) is 0 Å². The first-order chi connectivity index (χ1) is 10.9. The van der Waals surface area contributed by atoms with E-state index in [0.717, 1.165) is 16.8 Å². The van der Waals surface area contributed by atoms with Crippen LogP contribution in [0.4, 0.5) is 4.39 Å². The molecule has 0 bridgehead atoms. The fourth-order valence-electron chi connectivity index (χ4n) is 2.20. The van der Waals surface area contributed by atoms with Gasteiger partial charge in [0.05, 0.1) is 6.61 Å². The van der Waals surface area contributed by atoms with Crippen molar-refractivity contribution in [2.45, 2.75) is 63.5 Å². The predicted molar refractivity (Wildman–Crippen MR) is 89.3 cm³/mol. The van der Waals surface area contributed by atoms with Crippen molar-refractivity contribution >= 4 is 8.32 Å². The minimum absolute atomic E-state index is 0.0269. The average Bonchev–Trinajstić information content (AvgIpc) is 2.72. The first-order valence-electron chi connectivity index (χ1n) is 7.87. The molecular formula is C15H25FN2O5Si. The molecule has 1 saturated heterocycles. The molecule has 0 amide bonds. The zero-order valence-corrected chi connectivity index (χ0v) is 15.6. The van der Waals surface area contributed by atoms with Crippen molar-refractivity contribution in [3.05, 3.63) is 33.1 Å². The Labute approximate surface area is 140 Å². The van der Waals surface area contributed by atoms with E-state index in [2.05, 4.69) is 20.8 Å². The average molecular weight is 360 g/mol. The lowest BCUT2D eigenvalue weighted by molar-refractivity contribution is -0.0467. The van der Waals surface area contributed by atoms with Gasteiger partial charge in [0.2, 0.25) is 0 Å². The zero-order chi connectivity index (χ0) is 18.3. The lowest BCUT2D eigenvalue weighted by atomic mass is 10.1. The molecule has 0 saturated carbocycles. The molecule has 2 rings (SSSR count). The summed E-state index contributed by atoms with van der Waals surface area (Å²) in [6, 6.07) is 1.10. The minimum atomic E-state index is -2.07. The molecule has 1 aromatic rings. The van der Waals surface area contributed by atoms with Gasteiger partial charge in [0.25, 0.3) is 5.56 Å². The predicted octanol–water partition coefficient (Wildman–Crippen LogP) is 1.15. The molecule has 0 unspecified atom stereocenters. The third kappa shape index (κ3) is 3.69. The van der Waals surface area contributed by atoms with Crippen molar-refractivity contribution < 1.29 is 18.7 Å². The maximum Gasteiger partial charge on any atom is 0.330 e. The number of aliphatic hydroxyl groups is 1. The number of rotatable bonds is 4. The molecule has 0 aliphatic carbocycles. The van der Waals surface area contributed by atoms with Gasteiger partial charge in [-0.25, -0.2) is 9.18 Å². The van der Waals surface area contributed by atoms with E-state index in [0.29, 0.717) is 0 Å². The summed E-state index contributed by atoms with van der Waals surface area (Å²) in [6.07, 6.45) is -4.21. The summed E-state index contributed by atoms with van der Waals surface area (Å²) in [5.41, 5.74) is -1.36. The Bertz CT molecular complexity index is 696. The van der Waals surface area contributed by atoms with Gasteiger partial charge >= 0.3 is 5.69 Å². The van der Waals surface area contributed by atoms with Crippen LogP contribution in [0.5, 0.6) is 0 Å². The molecule has 0 radical (unpaired) electrons. The molecule has 0 spiro atoms. The van der Waals surface area contributed by atoms with Crippen LogP contribution in [0.3, 0.4) is 0 Å². The summed E-state index contributed by atoms with van der Waals surface area (Å²) >= 11 is 0. The van der Waals surface area contributed by atoms with Crippen LogP contribution in [0.25, 0.3) is 0 Å². The number of aliphatic hydroxyl groups excluding tert-OH is 1. The first kappa shape index (κ1) is 19.0. The van der Waals surface area contributed by atoms with Crippen molar-refractivity contribution in [2.75, 3.05) is 6.61 Å². The van der Waals surface area contributed by atoms with Gasteiger partial charge in [0.15, 0.2) is 20.7 Å². The Hall–Kier alpha value is -1.29. The normalized spacial score (nSPS) is 28.3. The number of nitrogens with one attached hydrogen (secondary N) is 1. The van der Waals surface area contributed by atoms with Gasteiger partial charge in [-0.3, -0.25) is 14.3 Å². The Morgan fingerprint density at radius 3 is 2.58 bits per heavy atom. The van der Waals surface area contributed by atoms with E-state index in [1.165, 1.54) is 0 Å². The molecule has 2 N–H and O–H groups in total. The highest BCUT2D eigenvalue weighted by atomic mass is 28.4. The van der Waals surface area contributed by atoms with Crippen LogP contribution in [0.2, 0.25) is 18.1 Å². The Kier molecular flexibility index (Phi) is 5.19. The zero-order valence-electron chi connectivity index (χ0n) is 14.6. The van der Waals surface area contributed by atoms with E-state index in [4.69, 9.17) is 9.16 Å². The maximum atomic E-state index is 14.4. The third-order valence-corrected chi connectivity index (χ3v) is 9.33. The number of aromatic amines is 1. The molecule has 136 valence electrons. The van der Waals surface area contributed by atoms with E-state index in [1.807, 2.05) is 18.1 Å². The Morgan fingerprint density at radius 2 is 2.04 bits per heavy atom. The summed E-state index contributed by atoms with van der Waals surface area (Å²) < 4.78 is 26.8. The van der Waals surface area contributed by atoms with Gasteiger partial charge in [-0.15, -0.1) is 0 Å².